The molecule has 0 aromatic heterocycles. The summed E-state index contributed by atoms with van der Waals surface area (Å²) < 4.78 is 74.7. The van der Waals surface area contributed by atoms with Gasteiger partial charge in [-0.1, -0.05) is 0 Å². The lowest BCUT2D eigenvalue weighted by Crippen LogP contribution is -2.17. The first kappa shape index (κ1) is 44.9. The van der Waals surface area contributed by atoms with Gasteiger partial charge in [-0.2, -0.15) is 0 Å². The first-order valence-corrected chi connectivity index (χ1v) is 16.0. The molecule has 16 heteroatoms. The number of hydrogen-bond donors (Lipinski definition) is 1. The summed E-state index contributed by atoms with van der Waals surface area (Å²) in [4.78, 5) is 10.9. The number of carbonyl (C=O) groups is 1. The van der Waals surface area contributed by atoms with Gasteiger partial charge in [0.25, 0.3) is 0 Å². The molecule has 46 heavy (non-hydrogen) atoms. The number of nitrogens with one attached hydrogen (secondary N) is 1. The third-order valence-corrected chi connectivity index (χ3v) is 5.41. The van der Waals surface area contributed by atoms with E-state index in [1.165, 1.54) is 7.11 Å². The van der Waals surface area contributed by atoms with Crippen molar-refractivity contribution in [1.29, 1.82) is 0 Å². The monoisotopic (exact) mass is 675 g/mol. The molecule has 16 nitrogen and oxygen atoms in total. The van der Waals surface area contributed by atoms with Crippen LogP contribution in [0.25, 0.3) is 0 Å². The quantitative estimate of drug-likeness (QED) is 0.0658. The fourth-order valence-electron chi connectivity index (χ4n) is 3.03. The van der Waals surface area contributed by atoms with Crippen molar-refractivity contribution in [3.8, 4) is 0 Å². The summed E-state index contributed by atoms with van der Waals surface area (Å²) in [5.74, 6) is -0.408. The molecule has 0 heterocycles. The Morgan fingerprint density at radius 3 is 0.739 bits per heavy atom. The number of methoxy groups -OCH3 is 1. The molecule has 0 bridgehead atoms. The van der Waals surface area contributed by atoms with Crippen molar-refractivity contribution in [2.24, 2.45) is 0 Å². The van der Waals surface area contributed by atoms with Crippen LogP contribution >= 0.6 is 0 Å². The molecule has 0 aliphatic carbocycles. The Hall–Kier alpha value is -1.09. The molecule has 276 valence electrons. The third-order valence-electron chi connectivity index (χ3n) is 5.41. The fraction of sp³-hybridized carbons (Fsp3) is 0.967. The zero-order chi connectivity index (χ0) is 33.3. The molecule has 0 aromatic rings. The zero-order valence-electron chi connectivity index (χ0n) is 28.2. The Labute approximate surface area is 275 Å². The minimum Gasteiger partial charge on any atom is -0.467 e. The van der Waals surface area contributed by atoms with Crippen LogP contribution in [-0.4, -0.2) is 198 Å². The average Bonchev–Trinajstić information content (AvgIpc) is 3.07. The van der Waals surface area contributed by atoms with E-state index in [2.05, 4.69) is 10.1 Å². The standard InChI is InChI=1S/C30H61NO15/c1-31-3-4-34-5-6-35-7-8-36-9-10-37-11-12-38-13-14-39-15-16-40-17-18-41-19-20-42-21-22-43-23-24-44-25-26-45-27-28-46-29-30(32)33-2/h31H,3-29H2,1-2H3. The number of hydrogen-bond acceptors (Lipinski definition) is 16. The maximum Gasteiger partial charge on any atom is 0.331 e. The van der Waals surface area contributed by atoms with Crippen molar-refractivity contribution in [2.45, 2.75) is 0 Å². The Balaban J connectivity index is 3.05. The van der Waals surface area contributed by atoms with Crippen molar-refractivity contribution in [1.82, 2.24) is 5.32 Å². The van der Waals surface area contributed by atoms with Crippen LogP contribution in [0.3, 0.4) is 0 Å². The molecule has 0 aliphatic rings. The van der Waals surface area contributed by atoms with Crippen LogP contribution in [-0.2, 0) is 71.1 Å². The van der Waals surface area contributed by atoms with Crippen LogP contribution in [0, 0.1) is 0 Å². The lowest BCUT2D eigenvalue weighted by molar-refractivity contribution is -0.146. The molecule has 0 saturated heterocycles. The largest absolute Gasteiger partial charge is 0.467 e. The van der Waals surface area contributed by atoms with E-state index in [9.17, 15) is 4.79 Å². The zero-order valence-corrected chi connectivity index (χ0v) is 28.2. The normalized spacial score (nSPS) is 11.4. The van der Waals surface area contributed by atoms with Gasteiger partial charge < -0.3 is 71.6 Å². The van der Waals surface area contributed by atoms with E-state index in [4.69, 9.17) is 61.6 Å². The third kappa shape index (κ3) is 40.9. The minimum absolute atomic E-state index is 0.0711. The van der Waals surface area contributed by atoms with E-state index >= 15 is 0 Å². The number of rotatable bonds is 41. The Morgan fingerprint density at radius 2 is 0.543 bits per heavy atom. The smallest absolute Gasteiger partial charge is 0.331 e. The maximum absolute atomic E-state index is 10.9. The predicted octanol–water partition coefficient (Wildman–Crippen LogP) is -0.405. The maximum atomic E-state index is 10.9. The second-order valence-corrected chi connectivity index (χ2v) is 9.08. The van der Waals surface area contributed by atoms with Crippen molar-refractivity contribution in [2.75, 3.05) is 192 Å². The predicted molar refractivity (Wildman–Crippen MR) is 167 cm³/mol. The second-order valence-electron chi connectivity index (χ2n) is 9.08. The molecule has 0 aliphatic heterocycles. The molecule has 0 amide bonds. The number of likely N-dealkylation sites (N-methyl/N-ethyl adjacent to an activating group) is 1. The Bertz CT molecular complexity index is 580. The van der Waals surface area contributed by atoms with Crippen LogP contribution in [0.15, 0.2) is 0 Å². The van der Waals surface area contributed by atoms with Crippen LogP contribution in [0.4, 0.5) is 0 Å². The summed E-state index contributed by atoms with van der Waals surface area (Å²) in [6.07, 6.45) is 0. The van der Waals surface area contributed by atoms with Crippen LogP contribution in [0.2, 0.25) is 0 Å². The molecule has 0 radical (unpaired) electrons. The van der Waals surface area contributed by atoms with E-state index in [0.29, 0.717) is 165 Å². The minimum atomic E-state index is -0.408. The highest BCUT2D eigenvalue weighted by Crippen LogP contribution is 1.88. The van der Waals surface area contributed by atoms with Crippen LogP contribution < -0.4 is 5.32 Å². The van der Waals surface area contributed by atoms with E-state index in [0.717, 1.165) is 6.54 Å². The molecule has 0 atom stereocenters. The van der Waals surface area contributed by atoms with E-state index in [1.54, 1.807) is 0 Å². The molecule has 0 saturated carbocycles. The van der Waals surface area contributed by atoms with E-state index < -0.39 is 5.97 Å². The van der Waals surface area contributed by atoms with Gasteiger partial charge in [-0.15, -0.1) is 0 Å². The van der Waals surface area contributed by atoms with E-state index in [-0.39, 0.29) is 6.61 Å². The average molecular weight is 676 g/mol. The molecular weight excluding hydrogens is 614 g/mol. The Kier molecular flexibility index (Phi) is 40.9. The molecule has 0 rings (SSSR count). The summed E-state index contributed by atoms with van der Waals surface area (Å²) in [6.45, 7) is 13.3. The number of ether oxygens (including phenoxy) is 14. The molecule has 1 N–H and O–H groups in total. The highest BCUT2D eigenvalue weighted by Gasteiger charge is 1.99. The molecule has 0 unspecified atom stereocenters. The second kappa shape index (κ2) is 41.9. The summed E-state index contributed by atoms with van der Waals surface area (Å²) in [5.41, 5.74) is 0. The van der Waals surface area contributed by atoms with Crippen molar-refractivity contribution < 1.29 is 71.1 Å². The Morgan fingerprint density at radius 1 is 0.348 bits per heavy atom. The van der Waals surface area contributed by atoms with Crippen LogP contribution in [0.5, 0.6) is 0 Å². The summed E-state index contributed by atoms with van der Waals surface area (Å²) >= 11 is 0. The summed E-state index contributed by atoms with van der Waals surface area (Å²) in [6, 6.07) is 0. The van der Waals surface area contributed by atoms with Gasteiger partial charge in [-0.25, -0.2) is 4.79 Å². The van der Waals surface area contributed by atoms with Gasteiger partial charge in [-0.3, -0.25) is 0 Å². The van der Waals surface area contributed by atoms with Gasteiger partial charge in [0.1, 0.15) is 6.61 Å². The van der Waals surface area contributed by atoms with Gasteiger partial charge in [0.15, 0.2) is 0 Å². The van der Waals surface area contributed by atoms with Crippen molar-refractivity contribution >= 4 is 5.97 Å². The molecule has 0 aromatic carbocycles. The fourth-order valence-corrected chi connectivity index (χ4v) is 3.03. The van der Waals surface area contributed by atoms with Crippen molar-refractivity contribution in [3.05, 3.63) is 0 Å². The van der Waals surface area contributed by atoms with Gasteiger partial charge in [0.05, 0.1) is 172 Å². The van der Waals surface area contributed by atoms with Crippen molar-refractivity contribution in [3.63, 3.8) is 0 Å². The molecule has 0 spiro atoms. The van der Waals surface area contributed by atoms with E-state index in [1.807, 2.05) is 7.05 Å². The SMILES string of the molecule is CNCCOCCOCCOCCOCCOCCOCCOCCOCCOCCOCCOCCOCCOCC(=O)OC. The molecule has 0 fully saturated rings. The lowest BCUT2D eigenvalue weighted by Gasteiger charge is -2.09. The topological polar surface area (TPSA) is 158 Å². The lowest BCUT2D eigenvalue weighted by atomic mass is 10.6. The highest BCUT2D eigenvalue weighted by atomic mass is 16.6. The first-order chi connectivity index (χ1) is 22.8. The summed E-state index contributed by atoms with van der Waals surface area (Å²) in [7, 11) is 3.21. The van der Waals surface area contributed by atoms with Gasteiger partial charge >= 0.3 is 5.97 Å². The van der Waals surface area contributed by atoms with Gasteiger partial charge in [0, 0.05) is 6.54 Å². The number of carbonyl (C=O) groups excluding carboxylic acids is 1. The van der Waals surface area contributed by atoms with Gasteiger partial charge in [-0.05, 0) is 7.05 Å². The highest BCUT2D eigenvalue weighted by molar-refractivity contribution is 5.70. The first-order valence-electron chi connectivity index (χ1n) is 16.0. The van der Waals surface area contributed by atoms with Crippen LogP contribution in [0.1, 0.15) is 0 Å². The summed E-state index contributed by atoms with van der Waals surface area (Å²) in [5, 5.41) is 3.02. The molecular formula is C30H61NO15. The number of esters is 1. The van der Waals surface area contributed by atoms with Gasteiger partial charge in [0.2, 0.25) is 0 Å².